The molecule has 4 rings (SSSR count). The van der Waals surface area contributed by atoms with Gasteiger partial charge >= 0.3 is 0 Å². The molecule has 0 aliphatic heterocycles. The highest BCUT2D eigenvalue weighted by atomic mass is 16.5. The molecule has 6 heteroatoms. The van der Waals surface area contributed by atoms with Crippen LogP contribution in [0.3, 0.4) is 0 Å². The van der Waals surface area contributed by atoms with Gasteiger partial charge in [-0.15, -0.1) is 0 Å². The number of rotatable bonds is 7. The Kier molecular flexibility index (Phi) is 7.12. The molecule has 0 aliphatic carbocycles. The Hall–Kier alpha value is -3.77. The van der Waals surface area contributed by atoms with E-state index in [-0.39, 0.29) is 11.5 Å². The number of aromatic nitrogens is 2. The van der Waals surface area contributed by atoms with Crippen LogP contribution >= 0.6 is 0 Å². The normalized spacial score (nSPS) is 12.0. The van der Waals surface area contributed by atoms with Gasteiger partial charge in [0.05, 0.1) is 29.2 Å². The topological polar surface area (TPSA) is 64.4 Å². The summed E-state index contributed by atoms with van der Waals surface area (Å²) < 4.78 is 6.99. The number of nitrogens with zero attached hydrogens (tertiary/aromatic N) is 3. The minimum Gasteiger partial charge on any atom is -0.383 e. The number of aryl methyl sites for hydroxylation is 3. The molecule has 1 amide bonds. The molecule has 35 heavy (non-hydrogen) atoms. The van der Waals surface area contributed by atoms with Gasteiger partial charge in [0.1, 0.15) is 5.82 Å². The highest BCUT2D eigenvalue weighted by Crippen LogP contribution is 2.26. The molecule has 1 atom stereocenters. The highest BCUT2D eigenvalue weighted by molar-refractivity contribution is 5.96. The van der Waals surface area contributed by atoms with Crippen molar-refractivity contribution in [2.24, 2.45) is 0 Å². The summed E-state index contributed by atoms with van der Waals surface area (Å²) in [5.74, 6) is 0.390. The quantitative estimate of drug-likeness (QED) is 0.375. The molecule has 0 saturated carbocycles. The molecule has 0 spiro atoms. The fraction of sp³-hybridized carbons (Fsp3) is 0.276. The van der Waals surface area contributed by atoms with E-state index in [0.717, 1.165) is 22.4 Å². The Morgan fingerprint density at radius 1 is 1.00 bits per heavy atom. The van der Waals surface area contributed by atoms with Crippen molar-refractivity contribution in [1.82, 2.24) is 14.5 Å². The molecule has 1 unspecified atom stereocenters. The van der Waals surface area contributed by atoms with Crippen LogP contribution in [0, 0.1) is 20.8 Å². The number of para-hydroxylation sites is 1. The predicted molar refractivity (Wildman–Crippen MR) is 139 cm³/mol. The van der Waals surface area contributed by atoms with Crippen LogP contribution in [0.4, 0.5) is 0 Å². The number of methoxy groups -OCH3 is 1. The van der Waals surface area contributed by atoms with E-state index in [9.17, 15) is 9.59 Å². The zero-order valence-corrected chi connectivity index (χ0v) is 20.9. The molecule has 0 bridgehead atoms. The Labute approximate surface area is 205 Å². The number of carbonyl (C=O) groups is 1. The van der Waals surface area contributed by atoms with Crippen LogP contribution < -0.4 is 5.56 Å². The summed E-state index contributed by atoms with van der Waals surface area (Å²) >= 11 is 0. The van der Waals surface area contributed by atoms with Crippen molar-refractivity contribution in [1.29, 1.82) is 0 Å². The van der Waals surface area contributed by atoms with Gasteiger partial charge < -0.3 is 9.64 Å². The first kappa shape index (κ1) is 24.4. The van der Waals surface area contributed by atoms with E-state index in [1.165, 1.54) is 0 Å². The third kappa shape index (κ3) is 4.75. The predicted octanol–water partition coefficient (Wildman–Crippen LogP) is 5.16. The number of ether oxygens (including phenoxy) is 1. The van der Waals surface area contributed by atoms with Crippen LogP contribution in [0.15, 0.2) is 71.5 Å². The minimum atomic E-state index is -0.490. The van der Waals surface area contributed by atoms with Crippen LogP contribution in [0.2, 0.25) is 0 Å². The summed E-state index contributed by atoms with van der Waals surface area (Å²) in [4.78, 5) is 34.2. The zero-order chi connectivity index (χ0) is 25.1. The summed E-state index contributed by atoms with van der Waals surface area (Å²) in [5.41, 5.74) is 4.80. The molecule has 0 fully saturated rings. The van der Waals surface area contributed by atoms with Gasteiger partial charge in [0.15, 0.2) is 0 Å². The molecule has 0 aliphatic rings. The highest BCUT2D eigenvalue weighted by Gasteiger charge is 2.28. The lowest BCUT2D eigenvalue weighted by atomic mass is 10.1. The second kappa shape index (κ2) is 10.2. The van der Waals surface area contributed by atoms with E-state index in [1.54, 1.807) is 22.6 Å². The van der Waals surface area contributed by atoms with Gasteiger partial charge in [-0.3, -0.25) is 14.2 Å². The largest absolute Gasteiger partial charge is 0.383 e. The van der Waals surface area contributed by atoms with Gasteiger partial charge in [-0.25, -0.2) is 4.98 Å². The number of benzene rings is 3. The summed E-state index contributed by atoms with van der Waals surface area (Å²) in [6.07, 6.45) is 0. The number of hydrogen-bond donors (Lipinski definition) is 0. The maximum Gasteiger partial charge on any atom is 0.266 e. The van der Waals surface area contributed by atoms with Crippen molar-refractivity contribution >= 4 is 16.8 Å². The van der Waals surface area contributed by atoms with Crippen molar-refractivity contribution < 1.29 is 9.53 Å². The second-order valence-corrected chi connectivity index (χ2v) is 8.90. The van der Waals surface area contributed by atoms with Gasteiger partial charge in [0, 0.05) is 19.2 Å². The Bertz CT molecular complexity index is 1440. The van der Waals surface area contributed by atoms with E-state index < -0.39 is 6.04 Å². The Morgan fingerprint density at radius 3 is 2.43 bits per heavy atom. The van der Waals surface area contributed by atoms with E-state index in [2.05, 4.69) is 0 Å². The maximum absolute atomic E-state index is 13.8. The third-order valence-corrected chi connectivity index (χ3v) is 6.41. The molecule has 0 radical (unpaired) electrons. The van der Waals surface area contributed by atoms with Crippen LogP contribution in [0.5, 0.6) is 0 Å². The van der Waals surface area contributed by atoms with Gasteiger partial charge in [0.2, 0.25) is 0 Å². The summed E-state index contributed by atoms with van der Waals surface area (Å²) in [6, 6.07) is 20.4. The molecule has 3 aromatic carbocycles. The van der Waals surface area contributed by atoms with Crippen molar-refractivity contribution in [3.63, 3.8) is 0 Å². The first-order chi connectivity index (χ1) is 16.8. The van der Waals surface area contributed by atoms with Crippen LogP contribution in [0.1, 0.15) is 45.8 Å². The average Bonchev–Trinajstić information content (AvgIpc) is 2.85. The van der Waals surface area contributed by atoms with Gasteiger partial charge in [-0.05, 0) is 63.1 Å². The van der Waals surface area contributed by atoms with Crippen molar-refractivity contribution in [3.05, 3.63) is 105 Å². The van der Waals surface area contributed by atoms with E-state index in [0.29, 0.717) is 35.4 Å². The molecule has 0 N–H and O–H groups in total. The summed E-state index contributed by atoms with van der Waals surface area (Å²) in [5, 5.41) is 0.539. The number of fused-ring (bicyclic) bond motifs is 1. The SMILES string of the molecule is COCCN(C(=O)c1ccccc1C)C(C)c1nc2ccccc2c(=O)n1-c1ccc(C)cc1C. The van der Waals surface area contributed by atoms with Crippen molar-refractivity contribution in [2.45, 2.75) is 33.7 Å². The molecule has 1 aromatic heterocycles. The lowest BCUT2D eigenvalue weighted by Gasteiger charge is -2.31. The zero-order valence-electron chi connectivity index (χ0n) is 20.9. The monoisotopic (exact) mass is 469 g/mol. The first-order valence-electron chi connectivity index (χ1n) is 11.8. The van der Waals surface area contributed by atoms with Crippen LogP contribution in [-0.4, -0.2) is 40.6 Å². The molecule has 6 nitrogen and oxygen atoms in total. The smallest absolute Gasteiger partial charge is 0.266 e. The minimum absolute atomic E-state index is 0.123. The second-order valence-electron chi connectivity index (χ2n) is 8.90. The van der Waals surface area contributed by atoms with E-state index >= 15 is 0 Å². The summed E-state index contributed by atoms with van der Waals surface area (Å²) in [7, 11) is 1.61. The lowest BCUT2D eigenvalue weighted by Crippen LogP contribution is -2.39. The van der Waals surface area contributed by atoms with Gasteiger partial charge in [0.25, 0.3) is 11.5 Å². The van der Waals surface area contributed by atoms with Crippen molar-refractivity contribution in [2.75, 3.05) is 20.3 Å². The van der Waals surface area contributed by atoms with E-state index in [4.69, 9.17) is 9.72 Å². The van der Waals surface area contributed by atoms with Crippen LogP contribution in [-0.2, 0) is 4.74 Å². The van der Waals surface area contributed by atoms with Gasteiger partial charge in [-0.2, -0.15) is 0 Å². The molecule has 180 valence electrons. The number of hydrogen-bond acceptors (Lipinski definition) is 4. The number of amides is 1. The van der Waals surface area contributed by atoms with E-state index in [1.807, 2.05) is 88.4 Å². The Balaban J connectivity index is 1.94. The third-order valence-electron chi connectivity index (χ3n) is 6.41. The Morgan fingerprint density at radius 2 is 1.71 bits per heavy atom. The average molecular weight is 470 g/mol. The fourth-order valence-corrected chi connectivity index (χ4v) is 4.49. The van der Waals surface area contributed by atoms with Gasteiger partial charge in [-0.1, -0.05) is 48.0 Å². The number of carbonyl (C=O) groups excluding carboxylic acids is 1. The molecule has 0 saturated heterocycles. The van der Waals surface area contributed by atoms with Crippen molar-refractivity contribution in [3.8, 4) is 5.69 Å². The molecule has 1 heterocycles. The van der Waals surface area contributed by atoms with Crippen LogP contribution in [0.25, 0.3) is 16.6 Å². The molecular formula is C29H31N3O3. The summed E-state index contributed by atoms with van der Waals surface area (Å²) in [6.45, 7) is 8.58. The lowest BCUT2D eigenvalue weighted by molar-refractivity contribution is 0.0604. The maximum atomic E-state index is 13.8. The first-order valence-corrected chi connectivity index (χ1v) is 11.8. The molecular weight excluding hydrogens is 438 g/mol. The standard InChI is InChI=1S/C29H31N3O3/c1-19-14-15-26(21(3)18-19)32-27(30-25-13-9-8-12-24(25)29(32)34)22(4)31(16-17-35-5)28(33)23-11-7-6-10-20(23)2/h6-15,18,22H,16-17H2,1-5H3. The molecule has 4 aromatic rings. The fourth-order valence-electron chi connectivity index (χ4n) is 4.49.